The maximum atomic E-state index is 11.8. The molecule has 1 heterocycles. The molecular formula is C17H17N3O2. The van der Waals surface area contributed by atoms with Crippen LogP contribution >= 0.6 is 0 Å². The highest BCUT2D eigenvalue weighted by molar-refractivity contribution is 5.78. The first kappa shape index (κ1) is 14.1. The molecule has 112 valence electrons. The number of ether oxygens (including phenoxy) is 1. The summed E-state index contributed by atoms with van der Waals surface area (Å²) < 4.78 is 5.47. The second-order valence-corrected chi connectivity index (χ2v) is 5.14. The van der Waals surface area contributed by atoms with E-state index in [1.807, 2.05) is 49.4 Å². The number of hydrogen-bond acceptors (Lipinski definition) is 3. The number of aromatic amines is 1. The quantitative estimate of drug-likeness (QED) is 0.760. The predicted molar refractivity (Wildman–Crippen MR) is 84.6 cm³/mol. The van der Waals surface area contributed by atoms with E-state index in [-0.39, 0.29) is 12.5 Å². The Morgan fingerprint density at radius 1 is 1.27 bits per heavy atom. The topological polar surface area (TPSA) is 67.0 Å². The summed E-state index contributed by atoms with van der Waals surface area (Å²) in [6, 6.07) is 13.5. The normalized spacial score (nSPS) is 10.6. The Morgan fingerprint density at radius 2 is 2.18 bits per heavy atom. The summed E-state index contributed by atoms with van der Waals surface area (Å²) in [7, 11) is 0. The summed E-state index contributed by atoms with van der Waals surface area (Å²) in [5.41, 5.74) is 3.99. The third-order valence-corrected chi connectivity index (χ3v) is 3.33. The maximum Gasteiger partial charge on any atom is 0.258 e. The van der Waals surface area contributed by atoms with Gasteiger partial charge in [0.2, 0.25) is 0 Å². The zero-order valence-electron chi connectivity index (χ0n) is 12.3. The van der Waals surface area contributed by atoms with Crippen LogP contribution in [-0.4, -0.2) is 22.5 Å². The molecule has 5 nitrogen and oxygen atoms in total. The minimum atomic E-state index is -0.147. The van der Waals surface area contributed by atoms with Crippen LogP contribution in [0.15, 0.2) is 48.8 Å². The van der Waals surface area contributed by atoms with Crippen LogP contribution in [-0.2, 0) is 11.3 Å². The van der Waals surface area contributed by atoms with Crippen molar-refractivity contribution in [2.24, 2.45) is 0 Å². The number of carbonyl (C=O) groups excluding carboxylic acids is 1. The largest absolute Gasteiger partial charge is 0.484 e. The van der Waals surface area contributed by atoms with Crippen LogP contribution in [0.5, 0.6) is 5.75 Å². The van der Waals surface area contributed by atoms with Crippen molar-refractivity contribution in [3.8, 4) is 5.75 Å². The number of aromatic nitrogens is 2. The Hall–Kier alpha value is -2.82. The number of nitrogens with zero attached hydrogens (tertiary/aromatic N) is 1. The molecule has 1 amide bonds. The molecule has 0 aliphatic heterocycles. The number of H-pyrrole nitrogens is 1. The zero-order chi connectivity index (χ0) is 15.4. The Labute approximate surface area is 128 Å². The van der Waals surface area contributed by atoms with Crippen molar-refractivity contribution in [2.45, 2.75) is 13.5 Å². The molecule has 0 radical (unpaired) electrons. The van der Waals surface area contributed by atoms with Crippen LogP contribution in [0.2, 0.25) is 0 Å². The molecule has 0 bridgehead atoms. The van der Waals surface area contributed by atoms with Gasteiger partial charge in [-0.15, -0.1) is 0 Å². The number of rotatable bonds is 5. The molecule has 0 saturated heterocycles. The van der Waals surface area contributed by atoms with Gasteiger partial charge < -0.3 is 15.0 Å². The molecule has 3 rings (SSSR count). The standard InChI is InChI=1S/C17H17N3O2/c1-12-3-2-4-14(7-12)22-10-17(21)18-9-13-5-6-15-16(8-13)20-11-19-15/h2-8,11H,9-10H2,1H3,(H,18,21)(H,19,20). The summed E-state index contributed by atoms with van der Waals surface area (Å²) in [5.74, 6) is 0.556. The Kier molecular flexibility index (Phi) is 4.05. The van der Waals surface area contributed by atoms with E-state index in [0.717, 1.165) is 22.2 Å². The van der Waals surface area contributed by atoms with Gasteiger partial charge in [-0.25, -0.2) is 4.98 Å². The highest BCUT2D eigenvalue weighted by atomic mass is 16.5. The summed E-state index contributed by atoms with van der Waals surface area (Å²) in [6.07, 6.45) is 1.66. The van der Waals surface area contributed by atoms with Gasteiger partial charge in [-0.05, 0) is 42.3 Å². The fraction of sp³-hybridized carbons (Fsp3) is 0.176. The first-order valence-electron chi connectivity index (χ1n) is 7.09. The molecule has 2 aromatic carbocycles. The summed E-state index contributed by atoms with van der Waals surface area (Å²) in [4.78, 5) is 19.0. The fourth-order valence-corrected chi connectivity index (χ4v) is 2.20. The molecule has 0 unspecified atom stereocenters. The van der Waals surface area contributed by atoms with Gasteiger partial charge in [0, 0.05) is 6.54 Å². The molecule has 22 heavy (non-hydrogen) atoms. The monoisotopic (exact) mass is 295 g/mol. The average Bonchev–Trinajstić information content (AvgIpc) is 2.98. The van der Waals surface area contributed by atoms with Crippen LogP contribution in [0.4, 0.5) is 0 Å². The number of imidazole rings is 1. The maximum absolute atomic E-state index is 11.8. The lowest BCUT2D eigenvalue weighted by Gasteiger charge is -2.08. The number of benzene rings is 2. The lowest BCUT2D eigenvalue weighted by atomic mass is 10.2. The van der Waals surface area contributed by atoms with Crippen LogP contribution in [0.25, 0.3) is 11.0 Å². The van der Waals surface area contributed by atoms with Gasteiger partial charge in [0.1, 0.15) is 5.75 Å². The number of aryl methyl sites for hydroxylation is 1. The fourth-order valence-electron chi connectivity index (χ4n) is 2.20. The van der Waals surface area contributed by atoms with E-state index in [1.165, 1.54) is 0 Å². The number of hydrogen-bond donors (Lipinski definition) is 2. The highest BCUT2D eigenvalue weighted by Gasteiger charge is 2.04. The molecule has 0 saturated carbocycles. The molecular weight excluding hydrogens is 278 g/mol. The van der Waals surface area contributed by atoms with Gasteiger partial charge in [0.05, 0.1) is 17.4 Å². The van der Waals surface area contributed by atoms with Crippen molar-refractivity contribution in [1.82, 2.24) is 15.3 Å². The first-order valence-corrected chi connectivity index (χ1v) is 7.09. The minimum Gasteiger partial charge on any atom is -0.484 e. The van der Waals surface area contributed by atoms with E-state index < -0.39 is 0 Å². The minimum absolute atomic E-state index is 0.00968. The second-order valence-electron chi connectivity index (χ2n) is 5.14. The molecule has 0 aliphatic carbocycles. The van der Waals surface area contributed by atoms with E-state index in [2.05, 4.69) is 15.3 Å². The van der Waals surface area contributed by atoms with Gasteiger partial charge in [-0.1, -0.05) is 18.2 Å². The average molecular weight is 295 g/mol. The van der Waals surface area contributed by atoms with E-state index in [9.17, 15) is 4.79 Å². The molecule has 3 aromatic rings. The third-order valence-electron chi connectivity index (χ3n) is 3.33. The predicted octanol–water partition coefficient (Wildman–Crippen LogP) is 2.57. The summed E-state index contributed by atoms with van der Waals surface area (Å²) in [6.45, 7) is 2.46. The smallest absolute Gasteiger partial charge is 0.258 e. The molecule has 0 fully saturated rings. The highest BCUT2D eigenvalue weighted by Crippen LogP contribution is 2.13. The molecule has 0 aliphatic rings. The summed E-state index contributed by atoms with van der Waals surface area (Å²) in [5, 5.41) is 2.84. The number of nitrogens with one attached hydrogen (secondary N) is 2. The van der Waals surface area contributed by atoms with Crippen molar-refractivity contribution in [3.63, 3.8) is 0 Å². The zero-order valence-corrected chi connectivity index (χ0v) is 12.3. The van der Waals surface area contributed by atoms with Crippen molar-refractivity contribution >= 4 is 16.9 Å². The summed E-state index contributed by atoms with van der Waals surface area (Å²) >= 11 is 0. The van der Waals surface area contributed by atoms with E-state index in [0.29, 0.717) is 12.3 Å². The van der Waals surface area contributed by atoms with E-state index in [1.54, 1.807) is 6.33 Å². The second kappa shape index (κ2) is 6.30. The van der Waals surface area contributed by atoms with Gasteiger partial charge in [0.25, 0.3) is 5.91 Å². The SMILES string of the molecule is Cc1cccc(OCC(=O)NCc2ccc3nc[nH]c3c2)c1. The van der Waals surface area contributed by atoms with Gasteiger partial charge in [-0.2, -0.15) is 0 Å². The van der Waals surface area contributed by atoms with E-state index >= 15 is 0 Å². The molecule has 0 spiro atoms. The molecule has 1 aromatic heterocycles. The lowest BCUT2D eigenvalue weighted by Crippen LogP contribution is -2.28. The Morgan fingerprint density at radius 3 is 3.05 bits per heavy atom. The molecule has 0 atom stereocenters. The van der Waals surface area contributed by atoms with Gasteiger partial charge in [-0.3, -0.25) is 4.79 Å². The first-order chi connectivity index (χ1) is 10.7. The van der Waals surface area contributed by atoms with Crippen LogP contribution < -0.4 is 10.1 Å². The van der Waals surface area contributed by atoms with Crippen molar-refractivity contribution in [1.29, 1.82) is 0 Å². The van der Waals surface area contributed by atoms with Crippen molar-refractivity contribution < 1.29 is 9.53 Å². The number of fused-ring (bicyclic) bond motifs is 1. The lowest BCUT2D eigenvalue weighted by molar-refractivity contribution is -0.123. The van der Waals surface area contributed by atoms with E-state index in [4.69, 9.17) is 4.74 Å². The van der Waals surface area contributed by atoms with Crippen LogP contribution in [0.1, 0.15) is 11.1 Å². The number of carbonyl (C=O) groups is 1. The Bertz CT molecular complexity index is 795. The molecule has 5 heteroatoms. The number of amides is 1. The van der Waals surface area contributed by atoms with Gasteiger partial charge in [0.15, 0.2) is 6.61 Å². The molecule has 2 N–H and O–H groups in total. The third kappa shape index (κ3) is 3.44. The Balaban J connectivity index is 1.51. The van der Waals surface area contributed by atoms with Crippen LogP contribution in [0, 0.1) is 6.92 Å². The van der Waals surface area contributed by atoms with Crippen molar-refractivity contribution in [3.05, 3.63) is 59.9 Å². The van der Waals surface area contributed by atoms with Crippen molar-refractivity contribution in [2.75, 3.05) is 6.61 Å². The van der Waals surface area contributed by atoms with Crippen LogP contribution in [0.3, 0.4) is 0 Å². The van der Waals surface area contributed by atoms with Gasteiger partial charge >= 0.3 is 0 Å².